The quantitative estimate of drug-likeness (QED) is 0.617. The van der Waals surface area contributed by atoms with E-state index >= 15 is 0 Å². The average molecular weight is 274 g/mol. The third-order valence-electron chi connectivity index (χ3n) is 2.68. The summed E-state index contributed by atoms with van der Waals surface area (Å²) in [7, 11) is 0. The van der Waals surface area contributed by atoms with E-state index in [0.29, 0.717) is 0 Å². The first-order valence-electron chi connectivity index (χ1n) is 5.95. The van der Waals surface area contributed by atoms with Crippen molar-refractivity contribution in [3.63, 3.8) is 0 Å². The molecule has 1 heterocycles. The fourth-order valence-corrected chi connectivity index (χ4v) is 2.75. The van der Waals surface area contributed by atoms with Crippen LogP contribution in [-0.2, 0) is 0 Å². The molecule has 0 radical (unpaired) electrons. The lowest BCUT2D eigenvalue weighted by molar-refractivity contribution is -0.385. The highest BCUT2D eigenvalue weighted by molar-refractivity contribution is 7.99. The second-order valence-corrected chi connectivity index (χ2v) is 5.47. The highest BCUT2D eigenvalue weighted by atomic mass is 32.2. The van der Waals surface area contributed by atoms with Crippen molar-refractivity contribution in [2.24, 2.45) is 0 Å². The van der Waals surface area contributed by atoms with Gasteiger partial charge >= 0.3 is 0 Å². The zero-order chi connectivity index (χ0) is 13.8. The van der Waals surface area contributed by atoms with Gasteiger partial charge in [0.05, 0.1) is 4.92 Å². The van der Waals surface area contributed by atoms with Crippen LogP contribution >= 0.6 is 11.8 Å². The smallest absolute Gasteiger partial charge is 0.258 e. The molecule has 1 aromatic carbocycles. The molecule has 0 aliphatic heterocycles. The molecule has 2 aromatic rings. The van der Waals surface area contributed by atoms with Gasteiger partial charge in [0.15, 0.2) is 0 Å². The number of pyridine rings is 1. The van der Waals surface area contributed by atoms with Gasteiger partial charge in [-0.2, -0.15) is 0 Å². The number of hydrogen-bond acceptors (Lipinski definition) is 4. The minimum absolute atomic E-state index is 0.133. The molecule has 0 saturated carbocycles. The lowest BCUT2D eigenvalue weighted by Gasteiger charge is -2.11. The number of hydrogen-bond donors (Lipinski definition) is 0. The van der Waals surface area contributed by atoms with Crippen LogP contribution in [0.3, 0.4) is 0 Å². The fourth-order valence-electron chi connectivity index (χ4n) is 1.71. The van der Waals surface area contributed by atoms with Crippen molar-refractivity contribution in [1.29, 1.82) is 0 Å². The lowest BCUT2D eigenvalue weighted by Crippen LogP contribution is -1.95. The normalized spacial score (nSPS) is 10.7. The van der Waals surface area contributed by atoms with E-state index in [4.69, 9.17) is 0 Å². The summed E-state index contributed by atoms with van der Waals surface area (Å²) in [5.41, 5.74) is 1.11. The Balaban J connectivity index is 2.37. The molecule has 0 aliphatic carbocycles. The van der Waals surface area contributed by atoms with Crippen LogP contribution in [-0.4, -0.2) is 9.91 Å². The maximum Gasteiger partial charge on any atom is 0.269 e. The largest absolute Gasteiger partial charge is 0.269 e. The number of rotatable bonds is 4. The van der Waals surface area contributed by atoms with Crippen LogP contribution in [0.15, 0.2) is 52.5 Å². The molecule has 5 heteroatoms. The van der Waals surface area contributed by atoms with Gasteiger partial charge in [-0.05, 0) is 29.7 Å². The van der Waals surface area contributed by atoms with Gasteiger partial charge < -0.3 is 0 Å². The molecule has 0 aliphatic rings. The monoisotopic (exact) mass is 274 g/mol. The summed E-state index contributed by atoms with van der Waals surface area (Å²) in [4.78, 5) is 15.7. The SMILES string of the molecule is CC(C)c1cc([N+](=O)[O-])ccc1Sc1ccccn1. The van der Waals surface area contributed by atoms with Crippen LogP contribution < -0.4 is 0 Å². The van der Waals surface area contributed by atoms with Crippen molar-refractivity contribution < 1.29 is 4.92 Å². The Bertz CT molecular complexity index is 585. The highest BCUT2D eigenvalue weighted by Gasteiger charge is 2.14. The molecular weight excluding hydrogens is 260 g/mol. The van der Waals surface area contributed by atoms with Crippen LogP contribution in [0.5, 0.6) is 0 Å². The summed E-state index contributed by atoms with van der Waals surface area (Å²) in [6.07, 6.45) is 1.74. The second kappa shape index (κ2) is 5.84. The number of aromatic nitrogens is 1. The Hall–Kier alpha value is -1.88. The standard InChI is InChI=1S/C14H14N2O2S/c1-10(2)12-9-11(16(17)18)6-7-13(12)19-14-5-3-4-8-15-14/h3-10H,1-2H3. The van der Waals surface area contributed by atoms with E-state index in [9.17, 15) is 10.1 Å². The van der Waals surface area contributed by atoms with Gasteiger partial charge in [0, 0.05) is 23.2 Å². The Morgan fingerprint density at radius 2 is 2.05 bits per heavy atom. The molecule has 0 spiro atoms. The summed E-state index contributed by atoms with van der Waals surface area (Å²) >= 11 is 1.53. The summed E-state index contributed by atoms with van der Waals surface area (Å²) in [6.45, 7) is 4.06. The van der Waals surface area contributed by atoms with Gasteiger partial charge in [-0.3, -0.25) is 10.1 Å². The number of nitro benzene ring substituents is 1. The van der Waals surface area contributed by atoms with Crippen molar-refractivity contribution in [2.45, 2.75) is 29.7 Å². The van der Waals surface area contributed by atoms with Crippen molar-refractivity contribution in [3.8, 4) is 0 Å². The van der Waals surface area contributed by atoms with Crippen LogP contribution in [0.2, 0.25) is 0 Å². The Labute approximate surface area is 116 Å². The zero-order valence-corrected chi connectivity index (χ0v) is 11.6. The predicted molar refractivity (Wildman–Crippen MR) is 75.5 cm³/mol. The molecule has 0 atom stereocenters. The van der Waals surface area contributed by atoms with Gasteiger partial charge in [-0.1, -0.05) is 31.7 Å². The molecule has 2 rings (SSSR count). The van der Waals surface area contributed by atoms with Gasteiger partial charge in [-0.15, -0.1) is 0 Å². The Morgan fingerprint density at radius 1 is 1.26 bits per heavy atom. The fraction of sp³-hybridized carbons (Fsp3) is 0.214. The first-order valence-corrected chi connectivity index (χ1v) is 6.77. The molecule has 0 amide bonds. The van der Waals surface area contributed by atoms with Crippen molar-refractivity contribution in [2.75, 3.05) is 0 Å². The summed E-state index contributed by atoms with van der Waals surface area (Å²) in [6, 6.07) is 10.7. The topological polar surface area (TPSA) is 56.0 Å². The summed E-state index contributed by atoms with van der Waals surface area (Å²) < 4.78 is 0. The molecule has 4 nitrogen and oxygen atoms in total. The molecule has 98 valence electrons. The first kappa shape index (κ1) is 13.5. The van der Waals surface area contributed by atoms with Gasteiger partial charge in [0.1, 0.15) is 5.03 Å². The molecule has 1 aromatic heterocycles. The Morgan fingerprint density at radius 3 is 2.63 bits per heavy atom. The third-order valence-corrected chi connectivity index (χ3v) is 3.72. The van der Waals surface area contributed by atoms with Crippen LogP contribution in [0.4, 0.5) is 5.69 Å². The number of non-ortho nitro benzene ring substituents is 1. The minimum atomic E-state index is -0.360. The van der Waals surface area contributed by atoms with Crippen LogP contribution in [0.25, 0.3) is 0 Å². The van der Waals surface area contributed by atoms with E-state index < -0.39 is 0 Å². The lowest BCUT2D eigenvalue weighted by atomic mass is 10.0. The van der Waals surface area contributed by atoms with Gasteiger partial charge in [0.25, 0.3) is 5.69 Å². The molecular formula is C14H14N2O2S. The zero-order valence-electron chi connectivity index (χ0n) is 10.7. The van der Waals surface area contributed by atoms with Crippen LogP contribution in [0.1, 0.15) is 25.3 Å². The molecule has 0 bridgehead atoms. The maximum absolute atomic E-state index is 10.8. The summed E-state index contributed by atoms with van der Waals surface area (Å²) in [5, 5.41) is 11.7. The van der Waals surface area contributed by atoms with E-state index in [1.165, 1.54) is 17.8 Å². The molecule has 0 saturated heterocycles. The van der Waals surface area contributed by atoms with Crippen molar-refractivity contribution in [1.82, 2.24) is 4.98 Å². The minimum Gasteiger partial charge on any atom is -0.258 e. The molecule has 19 heavy (non-hydrogen) atoms. The number of nitrogens with zero attached hydrogens (tertiary/aromatic N) is 2. The number of nitro groups is 1. The van der Waals surface area contributed by atoms with Crippen molar-refractivity contribution >= 4 is 17.4 Å². The number of benzene rings is 1. The molecule has 0 unspecified atom stereocenters. The van der Waals surface area contributed by atoms with E-state index in [-0.39, 0.29) is 16.5 Å². The van der Waals surface area contributed by atoms with Gasteiger partial charge in [0.2, 0.25) is 0 Å². The Kier molecular flexibility index (Phi) is 4.16. The van der Waals surface area contributed by atoms with E-state index in [2.05, 4.69) is 4.98 Å². The van der Waals surface area contributed by atoms with E-state index in [0.717, 1.165) is 15.5 Å². The maximum atomic E-state index is 10.8. The first-order chi connectivity index (χ1) is 9.08. The second-order valence-electron chi connectivity index (χ2n) is 4.40. The average Bonchev–Trinajstić information content (AvgIpc) is 2.39. The molecule has 0 N–H and O–H groups in total. The van der Waals surface area contributed by atoms with E-state index in [1.54, 1.807) is 18.3 Å². The van der Waals surface area contributed by atoms with E-state index in [1.807, 2.05) is 32.0 Å². The highest BCUT2D eigenvalue weighted by Crippen LogP contribution is 2.34. The van der Waals surface area contributed by atoms with Gasteiger partial charge in [-0.25, -0.2) is 4.98 Å². The third kappa shape index (κ3) is 3.32. The van der Waals surface area contributed by atoms with Crippen LogP contribution in [0, 0.1) is 10.1 Å². The van der Waals surface area contributed by atoms with Crippen molar-refractivity contribution in [3.05, 3.63) is 58.3 Å². The summed E-state index contributed by atoms with van der Waals surface area (Å²) in [5.74, 6) is 0.228. The molecule has 0 fully saturated rings. The predicted octanol–water partition coefficient (Wildman–Crippen LogP) is 4.26.